The van der Waals surface area contributed by atoms with Gasteiger partial charge in [-0.2, -0.15) is 0 Å². The third-order valence-corrected chi connectivity index (χ3v) is 3.92. The van der Waals surface area contributed by atoms with Crippen LogP contribution in [0.15, 0.2) is 24.3 Å². The molecule has 0 spiro atoms. The van der Waals surface area contributed by atoms with E-state index in [1.807, 2.05) is 6.07 Å². The molecule has 1 fully saturated rings. The number of likely N-dealkylation sites (N-methyl/N-ethyl adjacent to an activating group) is 2. The predicted molar refractivity (Wildman–Crippen MR) is 84.4 cm³/mol. The highest BCUT2D eigenvalue weighted by Crippen LogP contribution is 2.16. The minimum absolute atomic E-state index is 0.415. The van der Waals surface area contributed by atoms with Crippen LogP contribution < -0.4 is 5.73 Å². The molecule has 0 aromatic heterocycles. The first-order valence-electron chi connectivity index (χ1n) is 7.35. The summed E-state index contributed by atoms with van der Waals surface area (Å²) in [5.74, 6) is 6.01. The zero-order chi connectivity index (χ0) is 14.4. The smallest absolute Gasteiger partial charge is 0.0555 e. The molecular formula is C17H25N3. The summed E-state index contributed by atoms with van der Waals surface area (Å²) in [7, 11) is 4.44. The van der Waals surface area contributed by atoms with E-state index in [2.05, 4.69) is 53.9 Å². The van der Waals surface area contributed by atoms with E-state index in [9.17, 15) is 0 Å². The Hall–Kier alpha value is -1.34. The summed E-state index contributed by atoms with van der Waals surface area (Å²) in [5.41, 5.74) is 7.80. The minimum atomic E-state index is 0.415. The maximum Gasteiger partial charge on any atom is 0.0555 e. The molecule has 2 rings (SSSR count). The van der Waals surface area contributed by atoms with Crippen LogP contribution in [-0.4, -0.2) is 49.6 Å². The van der Waals surface area contributed by atoms with E-state index in [4.69, 9.17) is 5.73 Å². The van der Waals surface area contributed by atoms with Gasteiger partial charge in [0.1, 0.15) is 0 Å². The standard InChI is InChI=1S/C17H25N3/c1-19-11-5-9-17(14-19)20(2)13-16-7-3-6-15(12-16)8-4-10-18/h3,6-7,12,17H,5,9-11,13-14,18H2,1-2H3. The van der Waals surface area contributed by atoms with Crippen LogP contribution in [0, 0.1) is 11.8 Å². The van der Waals surface area contributed by atoms with Gasteiger partial charge in [0.2, 0.25) is 0 Å². The molecule has 1 unspecified atom stereocenters. The van der Waals surface area contributed by atoms with Crippen molar-refractivity contribution in [1.82, 2.24) is 9.80 Å². The van der Waals surface area contributed by atoms with Gasteiger partial charge in [0, 0.05) is 24.7 Å². The highest BCUT2D eigenvalue weighted by molar-refractivity contribution is 5.37. The van der Waals surface area contributed by atoms with E-state index in [0.29, 0.717) is 12.6 Å². The fourth-order valence-electron chi connectivity index (χ4n) is 2.82. The molecule has 0 amide bonds. The highest BCUT2D eigenvalue weighted by atomic mass is 15.2. The second-order valence-electron chi connectivity index (χ2n) is 5.68. The van der Waals surface area contributed by atoms with Gasteiger partial charge in [0.15, 0.2) is 0 Å². The van der Waals surface area contributed by atoms with Gasteiger partial charge >= 0.3 is 0 Å². The summed E-state index contributed by atoms with van der Waals surface area (Å²) in [6.45, 7) is 3.80. The Labute approximate surface area is 122 Å². The number of hydrogen-bond acceptors (Lipinski definition) is 3. The number of piperidine rings is 1. The number of nitrogens with zero attached hydrogens (tertiary/aromatic N) is 2. The normalized spacial score (nSPS) is 19.7. The third-order valence-electron chi connectivity index (χ3n) is 3.92. The Bertz CT molecular complexity index is 486. The monoisotopic (exact) mass is 271 g/mol. The van der Waals surface area contributed by atoms with Crippen molar-refractivity contribution in [1.29, 1.82) is 0 Å². The zero-order valence-electron chi connectivity index (χ0n) is 12.6. The van der Waals surface area contributed by atoms with Gasteiger partial charge in [-0.15, -0.1) is 0 Å². The van der Waals surface area contributed by atoms with Crippen molar-refractivity contribution in [2.24, 2.45) is 5.73 Å². The molecule has 1 aliphatic rings. The van der Waals surface area contributed by atoms with Gasteiger partial charge in [-0.25, -0.2) is 0 Å². The molecule has 3 heteroatoms. The Morgan fingerprint density at radius 2 is 2.30 bits per heavy atom. The topological polar surface area (TPSA) is 32.5 Å². The van der Waals surface area contributed by atoms with Crippen molar-refractivity contribution in [3.05, 3.63) is 35.4 Å². The quantitative estimate of drug-likeness (QED) is 0.846. The summed E-state index contributed by atoms with van der Waals surface area (Å²) in [6.07, 6.45) is 2.60. The number of rotatable bonds is 3. The van der Waals surface area contributed by atoms with Crippen LogP contribution in [0.1, 0.15) is 24.0 Å². The lowest BCUT2D eigenvalue weighted by Gasteiger charge is -2.35. The van der Waals surface area contributed by atoms with Crippen LogP contribution in [0.4, 0.5) is 0 Å². The van der Waals surface area contributed by atoms with Crippen molar-refractivity contribution in [2.75, 3.05) is 33.7 Å². The zero-order valence-corrected chi connectivity index (χ0v) is 12.6. The molecule has 1 aromatic carbocycles. The largest absolute Gasteiger partial charge is 0.320 e. The molecule has 0 radical (unpaired) electrons. The second kappa shape index (κ2) is 7.44. The molecular weight excluding hydrogens is 246 g/mol. The molecule has 108 valence electrons. The van der Waals surface area contributed by atoms with Crippen LogP contribution in [0.3, 0.4) is 0 Å². The average molecular weight is 271 g/mol. The van der Waals surface area contributed by atoms with Gasteiger partial charge < -0.3 is 10.6 Å². The Morgan fingerprint density at radius 3 is 3.05 bits per heavy atom. The first-order valence-corrected chi connectivity index (χ1v) is 7.35. The van der Waals surface area contributed by atoms with Crippen LogP contribution in [-0.2, 0) is 6.54 Å². The van der Waals surface area contributed by atoms with E-state index in [-0.39, 0.29) is 0 Å². The summed E-state index contributed by atoms with van der Waals surface area (Å²) < 4.78 is 0. The average Bonchev–Trinajstić information content (AvgIpc) is 2.45. The fraction of sp³-hybridized carbons (Fsp3) is 0.529. The van der Waals surface area contributed by atoms with E-state index in [0.717, 1.165) is 12.1 Å². The first kappa shape index (κ1) is 15.1. The van der Waals surface area contributed by atoms with Gasteiger partial charge in [0.05, 0.1) is 6.54 Å². The molecule has 1 aliphatic heterocycles. The lowest BCUT2D eigenvalue weighted by Crippen LogP contribution is -2.44. The van der Waals surface area contributed by atoms with Crippen molar-refractivity contribution < 1.29 is 0 Å². The number of benzene rings is 1. The maximum absolute atomic E-state index is 5.42. The van der Waals surface area contributed by atoms with Gasteiger partial charge in [-0.05, 0) is 51.2 Å². The summed E-state index contributed by atoms with van der Waals surface area (Å²) >= 11 is 0. The molecule has 0 saturated carbocycles. The molecule has 0 aliphatic carbocycles. The summed E-state index contributed by atoms with van der Waals surface area (Å²) in [4.78, 5) is 4.89. The van der Waals surface area contributed by atoms with Gasteiger partial charge in [-0.1, -0.05) is 24.0 Å². The highest BCUT2D eigenvalue weighted by Gasteiger charge is 2.20. The fourth-order valence-corrected chi connectivity index (χ4v) is 2.82. The molecule has 1 heterocycles. The molecule has 1 saturated heterocycles. The first-order chi connectivity index (χ1) is 9.69. The van der Waals surface area contributed by atoms with E-state index in [1.54, 1.807) is 0 Å². The predicted octanol–water partition coefficient (Wildman–Crippen LogP) is 1.52. The SMILES string of the molecule is CN1CCCC(N(C)Cc2cccc(C#CCN)c2)C1. The maximum atomic E-state index is 5.42. The van der Waals surface area contributed by atoms with E-state index < -0.39 is 0 Å². The van der Waals surface area contributed by atoms with Crippen LogP contribution in [0.2, 0.25) is 0 Å². The van der Waals surface area contributed by atoms with E-state index in [1.165, 1.54) is 31.5 Å². The summed E-state index contributed by atoms with van der Waals surface area (Å²) in [5, 5.41) is 0. The Kier molecular flexibility index (Phi) is 5.60. The lowest BCUT2D eigenvalue weighted by molar-refractivity contribution is 0.129. The van der Waals surface area contributed by atoms with Gasteiger partial charge in [0.25, 0.3) is 0 Å². The number of likely N-dealkylation sites (tertiary alicyclic amines) is 1. The minimum Gasteiger partial charge on any atom is -0.320 e. The van der Waals surface area contributed by atoms with Crippen molar-refractivity contribution in [3.8, 4) is 11.8 Å². The van der Waals surface area contributed by atoms with Crippen molar-refractivity contribution in [2.45, 2.75) is 25.4 Å². The third kappa shape index (κ3) is 4.35. The Balaban J connectivity index is 1.98. The Morgan fingerprint density at radius 1 is 1.45 bits per heavy atom. The van der Waals surface area contributed by atoms with Gasteiger partial charge in [-0.3, -0.25) is 4.90 Å². The number of hydrogen-bond donors (Lipinski definition) is 1. The molecule has 1 aromatic rings. The van der Waals surface area contributed by atoms with E-state index >= 15 is 0 Å². The molecule has 2 N–H and O–H groups in total. The molecule has 1 atom stereocenters. The summed E-state index contributed by atoms with van der Waals surface area (Å²) in [6, 6.07) is 9.13. The molecule has 0 bridgehead atoms. The van der Waals surface area contributed by atoms with Crippen LogP contribution in [0.25, 0.3) is 0 Å². The van der Waals surface area contributed by atoms with Crippen molar-refractivity contribution >= 4 is 0 Å². The molecule has 20 heavy (non-hydrogen) atoms. The molecule has 3 nitrogen and oxygen atoms in total. The van der Waals surface area contributed by atoms with Crippen LogP contribution in [0.5, 0.6) is 0 Å². The lowest BCUT2D eigenvalue weighted by atomic mass is 10.0. The van der Waals surface area contributed by atoms with Crippen LogP contribution >= 0.6 is 0 Å². The number of nitrogens with two attached hydrogens (primary N) is 1. The van der Waals surface area contributed by atoms with Crippen molar-refractivity contribution in [3.63, 3.8) is 0 Å². The second-order valence-corrected chi connectivity index (χ2v) is 5.68.